The molecule has 18 heavy (non-hydrogen) atoms. The van der Waals surface area contributed by atoms with Gasteiger partial charge in [-0.15, -0.1) is 5.10 Å². The second-order valence-electron chi connectivity index (χ2n) is 3.79. The molecule has 0 amide bonds. The number of anilines is 1. The molecule has 0 fully saturated rings. The Labute approximate surface area is 101 Å². The van der Waals surface area contributed by atoms with Crippen LogP contribution in [-0.2, 0) is 0 Å². The molecule has 0 atom stereocenters. The molecule has 2 aromatic carbocycles. The molecule has 0 aliphatic rings. The number of halogens is 2. The molecule has 0 spiro atoms. The van der Waals surface area contributed by atoms with Gasteiger partial charge in [-0.05, 0) is 24.3 Å². The largest absolute Gasteiger partial charge is 0.397 e. The van der Waals surface area contributed by atoms with Gasteiger partial charge in [0, 0.05) is 0 Å². The maximum Gasteiger partial charge on any atom is 0.186 e. The van der Waals surface area contributed by atoms with Gasteiger partial charge in [-0.25, -0.2) is 13.5 Å². The molecule has 90 valence electrons. The van der Waals surface area contributed by atoms with Crippen LogP contribution < -0.4 is 5.73 Å². The van der Waals surface area contributed by atoms with E-state index in [9.17, 15) is 8.78 Å². The van der Waals surface area contributed by atoms with E-state index in [0.717, 1.165) is 6.07 Å². The Morgan fingerprint density at radius 3 is 2.67 bits per heavy atom. The zero-order chi connectivity index (χ0) is 12.7. The van der Waals surface area contributed by atoms with E-state index in [1.54, 1.807) is 24.3 Å². The van der Waals surface area contributed by atoms with Crippen molar-refractivity contribution in [2.45, 2.75) is 0 Å². The second-order valence-corrected chi connectivity index (χ2v) is 3.79. The topological polar surface area (TPSA) is 56.7 Å². The van der Waals surface area contributed by atoms with Crippen LogP contribution in [-0.4, -0.2) is 15.0 Å². The Kier molecular flexibility index (Phi) is 2.22. The number of rotatable bonds is 1. The zero-order valence-electron chi connectivity index (χ0n) is 9.14. The molecule has 0 saturated carbocycles. The normalized spacial score (nSPS) is 11.0. The molecule has 4 nitrogen and oxygen atoms in total. The quantitative estimate of drug-likeness (QED) is 0.670. The fraction of sp³-hybridized carbons (Fsp3) is 0. The fourth-order valence-electron chi connectivity index (χ4n) is 1.80. The van der Waals surface area contributed by atoms with E-state index in [1.807, 2.05) is 0 Å². The lowest BCUT2D eigenvalue weighted by Crippen LogP contribution is -2.06. The molecule has 0 aliphatic heterocycles. The molecule has 2 N–H and O–H groups in total. The van der Waals surface area contributed by atoms with Gasteiger partial charge in [0.2, 0.25) is 0 Å². The number of nitrogens with zero attached hydrogens (tertiary/aromatic N) is 3. The molecule has 1 aromatic heterocycles. The molecule has 0 unspecified atom stereocenters. The second kappa shape index (κ2) is 3.76. The van der Waals surface area contributed by atoms with Crippen molar-refractivity contribution in [2.24, 2.45) is 0 Å². The van der Waals surface area contributed by atoms with E-state index in [1.165, 1.54) is 10.7 Å². The molecular weight excluding hydrogens is 238 g/mol. The van der Waals surface area contributed by atoms with Crippen molar-refractivity contribution >= 4 is 16.7 Å². The first kappa shape index (κ1) is 10.6. The number of fused-ring (bicyclic) bond motifs is 1. The average Bonchev–Trinajstić information content (AvgIpc) is 2.79. The number of hydrogen-bond acceptors (Lipinski definition) is 3. The summed E-state index contributed by atoms with van der Waals surface area (Å²) in [5, 5.41) is 7.68. The number of benzene rings is 2. The molecule has 6 heteroatoms. The Bertz CT molecular complexity index is 736. The maximum atomic E-state index is 13.8. The number of aromatic nitrogens is 3. The van der Waals surface area contributed by atoms with Crippen molar-refractivity contribution in [1.29, 1.82) is 0 Å². The average molecular weight is 246 g/mol. The summed E-state index contributed by atoms with van der Waals surface area (Å²) in [6, 6.07) is 9.26. The summed E-state index contributed by atoms with van der Waals surface area (Å²) in [4.78, 5) is 0. The lowest BCUT2D eigenvalue weighted by Gasteiger charge is -2.07. The third-order valence-electron chi connectivity index (χ3n) is 2.66. The molecular formula is C12H8F2N4. The third kappa shape index (κ3) is 1.42. The van der Waals surface area contributed by atoms with Crippen LogP contribution in [0.1, 0.15) is 0 Å². The zero-order valence-corrected chi connectivity index (χ0v) is 9.14. The van der Waals surface area contributed by atoms with Crippen LogP contribution >= 0.6 is 0 Å². The first-order chi connectivity index (χ1) is 8.68. The van der Waals surface area contributed by atoms with Gasteiger partial charge in [-0.2, -0.15) is 0 Å². The predicted molar refractivity (Wildman–Crippen MR) is 63.2 cm³/mol. The number of nitrogen functional groups attached to an aromatic ring is 1. The van der Waals surface area contributed by atoms with Gasteiger partial charge in [-0.3, -0.25) is 0 Å². The highest BCUT2D eigenvalue weighted by molar-refractivity contribution is 5.77. The molecule has 0 radical (unpaired) electrons. The van der Waals surface area contributed by atoms with E-state index in [2.05, 4.69) is 10.3 Å². The number of para-hydroxylation sites is 1. The highest BCUT2D eigenvalue weighted by Gasteiger charge is 2.17. The predicted octanol–water partition coefficient (Wildman–Crippen LogP) is 2.28. The van der Waals surface area contributed by atoms with Crippen LogP contribution in [0.4, 0.5) is 14.5 Å². The SMILES string of the molecule is Nc1ccc(F)c(F)c1-n1nnc2ccccc21. The lowest BCUT2D eigenvalue weighted by molar-refractivity contribution is 0.502. The third-order valence-corrected chi connectivity index (χ3v) is 2.66. The summed E-state index contributed by atoms with van der Waals surface area (Å²) in [6.45, 7) is 0. The summed E-state index contributed by atoms with van der Waals surface area (Å²) in [5.41, 5.74) is 6.80. The summed E-state index contributed by atoms with van der Waals surface area (Å²) in [7, 11) is 0. The van der Waals surface area contributed by atoms with Crippen LogP contribution in [0.2, 0.25) is 0 Å². The highest BCUT2D eigenvalue weighted by atomic mass is 19.2. The Hall–Kier alpha value is -2.50. The van der Waals surface area contributed by atoms with Crippen LogP contribution in [0.15, 0.2) is 36.4 Å². The van der Waals surface area contributed by atoms with E-state index in [4.69, 9.17) is 5.73 Å². The van der Waals surface area contributed by atoms with Crippen molar-refractivity contribution in [3.63, 3.8) is 0 Å². The Morgan fingerprint density at radius 1 is 1.06 bits per heavy atom. The van der Waals surface area contributed by atoms with Gasteiger partial charge >= 0.3 is 0 Å². The fourth-order valence-corrected chi connectivity index (χ4v) is 1.80. The van der Waals surface area contributed by atoms with E-state index < -0.39 is 11.6 Å². The lowest BCUT2D eigenvalue weighted by atomic mass is 10.2. The molecule has 0 bridgehead atoms. The molecule has 3 rings (SSSR count). The van der Waals surface area contributed by atoms with Crippen LogP contribution in [0, 0.1) is 11.6 Å². The van der Waals surface area contributed by atoms with Gasteiger partial charge in [0.15, 0.2) is 11.6 Å². The van der Waals surface area contributed by atoms with Gasteiger partial charge in [0.1, 0.15) is 11.2 Å². The highest BCUT2D eigenvalue weighted by Crippen LogP contribution is 2.25. The molecule has 3 aromatic rings. The Balaban J connectivity index is 2.36. The van der Waals surface area contributed by atoms with Crippen LogP contribution in [0.5, 0.6) is 0 Å². The smallest absolute Gasteiger partial charge is 0.186 e. The molecule has 1 heterocycles. The van der Waals surface area contributed by atoms with Gasteiger partial charge in [0.05, 0.1) is 11.2 Å². The summed E-state index contributed by atoms with van der Waals surface area (Å²) in [6.07, 6.45) is 0. The molecule has 0 saturated heterocycles. The van der Waals surface area contributed by atoms with Crippen molar-refractivity contribution in [2.75, 3.05) is 5.73 Å². The van der Waals surface area contributed by atoms with Crippen molar-refractivity contribution in [1.82, 2.24) is 15.0 Å². The number of hydrogen-bond donors (Lipinski definition) is 1. The maximum absolute atomic E-state index is 13.8. The number of nitrogens with two attached hydrogens (primary N) is 1. The van der Waals surface area contributed by atoms with E-state index in [0.29, 0.717) is 11.0 Å². The van der Waals surface area contributed by atoms with Crippen LogP contribution in [0.25, 0.3) is 16.7 Å². The summed E-state index contributed by atoms with van der Waals surface area (Å²) < 4.78 is 28.3. The minimum atomic E-state index is -1.04. The molecule has 0 aliphatic carbocycles. The standard InChI is InChI=1S/C12H8F2N4/c13-7-5-6-8(15)12(11(7)14)18-10-4-2-1-3-9(10)16-17-18/h1-6H,15H2. The van der Waals surface area contributed by atoms with Crippen LogP contribution in [0.3, 0.4) is 0 Å². The van der Waals surface area contributed by atoms with Crippen molar-refractivity contribution < 1.29 is 8.78 Å². The van der Waals surface area contributed by atoms with Gasteiger partial charge in [-0.1, -0.05) is 17.3 Å². The van der Waals surface area contributed by atoms with Crippen molar-refractivity contribution in [3.05, 3.63) is 48.0 Å². The van der Waals surface area contributed by atoms with E-state index >= 15 is 0 Å². The monoisotopic (exact) mass is 246 g/mol. The minimum absolute atomic E-state index is 0.101. The minimum Gasteiger partial charge on any atom is -0.397 e. The van der Waals surface area contributed by atoms with Crippen molar-refractivity contribution in [3.8, 4) is 5.69 Å². The van der Waals surface area contributed by atoms with E-state index in [-0.39, 0.29) is 11.4 Å². The van der Waals surface area contributed by atoms with Gasteiger partial charge < -0.3 is 5.73 Å². The first-order valence-corrected chi connectivity index (χ1v) is 5.23. The summed E-state index contributed by atoms with van der Waals surface area (Å²) >= 11 is 0. The van der Waals surface area contributed by atoms with Gasteiger partial charge in [0.25, 0.3) is 0 Å². The first-order valence-electron chi connectivity index (χ1n) is 5.23. The Morgan fingerprint density at radius 2 is 1.83 bits per heavy atom. The summed E-state index contributed by atoms with van der Waals surface area (Å²) in [5.74, 6) is -2.01.